The fourth-order valence-corrected chi connectivity index (χ4v) is 1.88. The molecular formula is C14H18N2O3. The zero-order valence-electron chi connectivity index (χ0n) is 11.4. The van der Waals surface area contributed by atoms with Crippen molar-refractivity contribution in [1.82, 2.24) is 9.78 Å². The van der Waals surface area contributed by atoms with Crippen LogP contribution in [0, 0.1) is 6.92 Å². The van der Waals surface area contributed by atoms with Gasteiger partial charge in [-0.2, -0.15) is 5.10 Å². The second-order valence-electron chi connectivity index (χ2n) is 4.32. The topological polar surface area (TPSA) is 56.5 Å². The van der Waals surface area contributed by atoms with E-state index in [1.54, 1.807) is 30.0 Å². The number of aliphatic hydroxyl groups is 1. The molecule has 2 aromatic rings. The highest BCUT2D eigenvalue weighted by Gasteiger charge is 2.08. The van der Waals surface area contributed by atoms with E-state index >= 15 is 0 Å². The molecule has 1 heterocycles. The molecule has 0 unspecified atom stereocenters. The number of nitrogens with zero attached hydrogens (tertiary/aromatic N) is 2. The van der Waals surface area contributed by atoms with Gasteiger partial charge >= 0.3 is 0 Å². The van der Waals surface area contributed by atoms with Gasteiger partial charge in [-0.25, -0.2) is 0 Å². The van der Waals surface area contributed by atoms with Gasteiger partial charge in [-0.15, -0.1) is 0 Å². The molecule has 1 aromatic heterocycles. The Morgan fingerprint density at radius 2 is 2.11 bits per heavy atom. The third kappa shape index (κ3) is 3.06. The lowest BCUT2D eigenvalue weighted by atomic mass is 10.2. The van der Waals surface area contributed by atoms with Crippen LogP contribution in [0.15, 0.2) is 24.3 Å². The minimum atomic E-state index is -0.0657. The van der Waals surface area contributed by atoms with E-state index in [2.05, 4.69) is 5.10 Å². The Balaban J connectivity index is 2.16. The van der Waals surface area contributed by atoms with Gasteiger partial charge in [0.05, 0.1) is 25.1 Å². The van der Waals surface area contributed by atoms with Crippen molar-refractivity contribution in [1.29, 1.82) is 0 Å². The first-order valence-electron chi connectivity index (χ1n) is 6.04. The van der Waals surface area contributed by atoms with Gasteiger partial charge in [0.25, 0.3) is 0 Å². The Bertz CT molecular complexity index is 564. The molecular weight excluding hydrogens is 244 g/mol. The number of aliphatic hydroxyl groups excluding tert-OH is 1. The number of ether oxygens (including phenoxy) is 2. The van der Waals surface area contributed by atoms with Crippen LogP contribution in [-0.4, -0.2) is 22.0 Å². The zero-order chi connectivity index (χ0) is 13.8. The van der Waals surface area contributed by atoms with Crippen LogP contribution in [0.25, 0.3) is 0 Å². The monoisotopic (exact) mass is 262 g/mol. The Hall–Kier alpha value is -2.01. The first-order valence-corrected chi connectivity index (χ1v) is 6.04. The van der Waals surface area contributed by atoms with Crippen molar-refractivity contribution in [2.24, 2.45) is 7.05 Å². The predicted octanol–water partition coefficient (Wildman–Crippen LogP) is 1.81. The van der Waals surface area contributed by atoms with Crippen molar-refractivity contribution >= 4 is 0 Å². The third-order valence-corrected chi connectivity index (χ3v) is 2.92. The normalized spacial score (nSPS) is 10.5. The molecule has 0 amide bonds. The highest BCUT2D eigenvalue weighted by molar-refractivity contribution is 5.40. The largest absolute Gasteiger partial charge is 0.497 e. The van der Waals surface area contributed by atoms with Crippen LogP contribution in [0.5, 0.6) is 11.5 Å². The van der Waals surface area contributed by atoms with Gasteiger partial charge < -0.3 is 14.6 Å². The van der Waals surface area contributed by atoms with E-state index in [0.29, 0.717) is 18.1 Å². The number of rotatable bonds is 5. The van der Waals surface area contributed by atoms with Crippen molar-refractivity contribution in [2.45, 2.75) is 20.1 Å². The van der Waals surface area contributed by atoms with Crippen molar-refractivity contribution < 1.29 is 14.6 Å². The van der Waals surface area contributed by atoms with Gasteiger partial charge in [-0.05, 0) is 25.1 Å². The molecule has 5 heteroatoms. The van der Waals surface area contributed by atoms with E-state index < -0.39 is 0 Å². The zero-order valence-corrected chi connectivity index (χ0v) is 11.4. The van der Waals surface area contributed by atoms with Crippen LogP contribution in [0.4, 0.5) is 0 Å². The maximum absolute atomic E-state index is 9.30. The number of aromatic nitrogens is 2. The number of benzene rings is 1. The molecule has 0 saturated heterocycles. The number of aryl methyl sites for hydroxylation is 2. The molecule has 0 radical (unpaired) electrons. The Morgan fingerprint density at radius 3 is 2.68 bits per heavy atom. The first kappa shape index (κ1) is 13.4. The van der Waals surface area contributed by atoms with Crippen LogP contribution in [0.3, 0.4) is 0 Å². The number of hydrogen-bond donors (Lipinski definition) is 1. The molecule has 0 bridgehead atoms. The summed E-state index contributed by atoms with van der Waals surface area (Å²) in [7, 11) is 3.48. The van der Waals surface area contributed by atoms with Crippen LogP contribution >= 0.6 is 0 Å². The summed E-state index contributed by atoms with van der Waals surface area (Å²) in [5.41, 5.74) is 2.66. The van der Waals surface area contributed by atoms with Crippen LogP contribution in [0.2, 0.25) is 0 Å². The maximum atomic E-state index is 9.30. The Kier molecular flexibility index (Phi) is 4.06. The van der Waals surface area contributed by atoms with Crippen molar-refractivity contribution in [3.8, 4) is 11.5 Å². The van der Waals surface area contributed by atoms with E-state index in [9.17, 15) is 5.11 Å². The fraction of sp³-hybridized carbons (Fsp3) is 0.357. The molecule has 102 valence electrons. The van der Waals surface area contributed by atoms with Gasteiger partial charge in [0.1, 0.15) is 18.1 Å². The quantitative estimate of drug-likeness (QED) is 0.892. The van der Waals surface area contributed by atoms with Crippen molar-refractivity contribution in [3.63, 3.8) is 0 Å². The lowest BCUT2D eigenvalue weighted by Crippen LogP contribution is -2.04. The molecule has 0 aliphatic carbocycles. The second kappa shape index (κ2) is 5.75. The highest BCUT2D eigenvalue weighted by Crippen LogP contribution is 2.25. The average molecular weight is 262 g/mol. The average Bonchev–Trinajstić information content (AvgIpc) is 2.74. The van der Waals surface area contributed by atoms with Crippen LogP contribution < -0.4 is 9.47 Å². The van der Waals surface area contributed by atoms with E-state index in [0.717, 1.165) is 17.0 Å². The van der Waals surface area contributed by atoms with Gasteiger partial charge in [0.2, 0.25) is 0 Å². The molecule has 0 aliphatic heterocycles. The summed E-state index contributed by atoms with van der Waals surface area (Å²) >= 11 is 0. The molecule has 0 spiro atoms. The molecule has 0 fully saturated rings. The molecule has 1 N–H and O–H groups in total. The van der Waals surface area contributed by atoms with E-state index in [1.165, 1.54) is 0 Å². The number of hydrogen-bond acceptors (Lipinski definition) is 4. The lowest BCUT2D eigenvalue weighted by Gasteiger charge is -2.11. The second-order valence-corrected chi connectivity index (χ2v) is 4.32. The molecule has 2 rings (SSSR count). The standard InChI is InChI=1S/C14H18N2O3/c1-10-6-12(16(2)15-10)9-19-14-7-13(18-3)5-4-11(14)8-17/h4-7,17H,8-9H2,1-3H3. The predicted molar refractivity (Wildman–Crippen MR) is 71.2 cm³/mol. The fourth-order valence-electron chi connectivity index (χ4n) is 1.88. The third-order valence-electron chi connectivity index (χ3n) is 2.92. The first-order chi connectivity index (χ1) is 9.13. The molecule has 5 nitrogen and oxygen atoms in total. The van der Waals surface area contributed by atoms with Gasteiger partial charge in [0, 0.05) is 18.7 Å². The summed E-state index contributed by atoms with van der Waals surface area (Å²) in [6.45, 7) is 2.27. The van der Waals surface area contributed by atoms with Gasteiger partial charge in [-0.3, -0.25) is 4.68 Å². The van der Waals surface area contributed by atoms with Crippen molar-refractivity contribution in [2.75, 3.05) is 7.11 Å². The van der Waals surface area contributed by atoms with Crippen LogP contribution in [-0.2, 0) is 20.3 Å². The van der Waals surface area contributed by atoms with Crippen LogP contribution in [0.1, 0.15) is 17.0 Å². The summed E-state index contributed by atoms with van der Waals surface area (Å²) in [5.74, 6) is 1.33. The molecule has 0 aliphatic rings. The molecule has 19 heavy (non-hydrogen) atoms. The summed E-state index contributed by atoms with van der Waals surface area (Å²) in [4.78, 5) is 0. The lowest BCUT2D eigenvalue weighted by molar-refractivity contribution is 0.254. The minimum Gasteiger partial charge on any atom is -0.497 e. The Labute approximate surface area is 112 Å². The maximum Gasteiger partial charge on any atom is 0.130 e. The minimum absolute atomic E-state index is 0.0657. The molecule has 0 atom stereocenters. The van der Waals surface area contributed by atoms with Gasteiger partial charge in [-0.1, -0.05) is 0 Å². The summed E-state index contributed by atoms with van der Waals surface area (Å²) < 4.78 is 12.7. The number of methoxy groups -OCH3 is 1. The van der Waals surface area contributed by atoms with E-state index in [1.807, 2.05) is 20.0 Å². The SMILES string of the molecule is COc1ccc(CO)c(OCc2cc(C)nn2C)c1. The summed E-state index contributed by atoms with van der Waals surface area (Å²) in [6.07, 6.45) is 0. The summed E-state index contributed by atoms with van der Waals surface area (Å²) in [6, 6.07) is 7.34. The Morgan fingerprint density at radius 1 is 1.32 bits per heavy atom. The van der Waals surface area contributed by atoms with E-state index in [4.69, 9.17) is 9.47 Å². The van der Waals surface area contributed by atoms with E-state index in [-0.39, 0.29) is 6.61 Å². The molecule has 1 aromatic carbocycles. The van der Waals surface area contributed by atoms with Gasteiger partial charge in [0.15, 0.2) is 0 Å². The highest BCUT2D eigenvalue weighted by atomic mass is 16.5. The van der Waals surface area contributed by atoms with Crippen molar-refractivity contribution in [3.05, 3.63) is 41.2 Å². The summed E-state index contributed by atoms with van der Waals surface area (Å²) in [5, 5.41) is 13.6. The molecule has 0 saturated carbocycles. The smallest absolute Gasteiger partial charge is 0.130 e.